The standard InChI is InChI=1S/C20H23N3O5S/c24-12-17(25)28-15-7-10-23(11-8-15)20(27)14-5-3-13(4-6-14)19(29)22-18(26)16-2-1-9-21-16/h3-6,12,15-16,21H,1-2,7-11H2,(H,22,26,29)/t16-/m0/s1. The molecular formula is C20H23N3O5S. The summed E-state index contributed by atoms with van der Waals surface area (Å²) >= 11 is 5.30. The fourth-order valence-electron chi connectivity index (χ4n) is 3.50. The molecule has 0 saturated carbocycles. The predicted octanol–water partition coefficient (Wildman–Crippen LogP) is 0.577. The topological polar surface area (TPSA) is 105 Å². The van der Waals surface area contributed by atoms with Gasteiger partial charge in [-0.2, -0.15) is 0 Å². The summed E-state index contributed by atoms with van der Waals surface area (Å²) in [6.45, 7) is 1.72. The van der Waals surface area contributed by atoms with Crippen molar-refractivity contribution in [1.29, 1.82) is 0 Å². The Bertz CT molecular complexity index is 797. The van der Waals surface area contributed by atoms with Crippen molar-refractivity contribution in [3.05, 3.63) is 35.4 Å². The average Bonchev–Trinajstić information content (AvgIpc) is 3.29. The Labute approximate surface area is 174 Å². The summed E-state index contributed by atoms with van der Waals surface area (Å²) in [7, 11) is 0. The van der Waals surface area contributed by atoms with Crippen molar-refractivity contribution in [2.75, 3.05) is 19.6 Å². The minimum atomic E-state index is -0.878. The quantitative estimate of drug-likeness (QED) is 0.312. The van der Waals surface area contributed by atoms with Crippen LogP contribution >= 0.6 is 12.2 Å². The van der Waals surface area contributed by atoms with Gasteiger partial charge in [0, 0.05) is 37.1 Å². The van der Waals surface area contributed by atoms with Gasteiger partial charge in [-0.05, 0) is 31.5 Å². The largest absolute Gasteiger partial charge is 0.457 e. The number of nitrogens with zero attached hydrogens (tertiary/aromatic N) is 1. The third-order valence-corrected chi connectivity index (χ3v) is 5.45. The first-order chi connectivity index (χ1) is 14.0. The molecule has 154 valence electrons. The molecule has 9 heteroatoms. The van der Waals surface area contributed by atoms with Crippen LogP contribution in [0.15, 0.2) is 24.3 Å². The van der Waals surface area contributed by atoms with Gasteiger partial charge < -0.3 is 20.3 Å². The third kappa shape index (κ3) is 5.45. The summed E-state index contributed by atoms with van der Waals surface area (Å²) in [6.07, 6.45) is 2.57. The third-order valence-electron chi connectivity index (χ3n) is 5.12. The first-order valence-electron chi connectivity index (χ1n) is 9.61. The van der Waals surface area contributed by atoms with Crippen LogP contribution in [0.4, 0.5) is 0 Å². The van der Waals surface area contributed by atoms with Crippen molar-refractivity contribution in [2.45, 2.75) is 37.8 Å². The number of ether oxygens (including phenoxy) is 1. The Morgan fingerprint density at radius 2 is 1.76 bits per heavy atom. The summed E-state index contributed by atoms with van der Waals surface area (Å²) in [4.78, 5) is 48.2. The molecule has 2 aliphatic heterocycles. The predicted molar refractivity (Wildman–Crippen MR) is 108 cm³/mol. The molecule has 1 atom stereocenters. The van der Waals surface area contributed by atoms with Gasteiger partial charge in [0.2, 0.25) is 12.2 Å². The van der Waals surface area contributed by atoms with Crippen molar-refractivity contribution in [3.8, 4) is 0 Å². The van der Waals surface area contributed by atoms with E-state index in [0.717, 1.165) is 19.4 Å². The molecule has 29 heavy (non-hydrogen) atoms. The highest BCUT2D eigenvalue weighted by molar-refractivity contribution is 7.80. The number of rotatable bonds is 5. The van der Waals surface area contributed by atoms with E-state index in [9.17, 15) is 19.2 Å². The van der Waals surface area contributed by atoms with Crippen LogP contribution in [0.5, 0.6) is 0 Å². The highest BCUT2D eigenvalue weighted by atomic mass is 32.1. The maximum atomic E-state index is 12.7. The molecule has 0 unspecified atom stereocenters. The maximum Gasteiger partial charge on any atom is 0.371 e. The van der Waals surface area contributed by atoms with Gasteiger partial charge in [0.1, 0.15) is 11.1 Å². The second-order valence-electron chi connectivity index (χ2n) is 7.09. The van der Waals surface area contributed by atoms with Crippen molar-refractivity contribution >= 4 is 41.3 Å². The van der Waals surface area contributed by atoms with Crippen LogP contribution in [0.2, 0.25) is 0 Å². The van der Waals surface area contributed by atoms with Crippen molar-refractivity contribution in [1.82, 2.24) is 15.5 Å². The SMILES string of the molecule is O=CC(=O)OC1CCN(C(=O)c2ccc(C(=S)NC(=O)[C@@H]3CCCN3)cc2)CC1. The Hall–Kier alpha value is -2.65. The van der Waals surface area contributed by atoms with E-state index in [4.69, 9.17) is 17.0 Å². The Balaban J connectivity index is 1.52. The number of hydrogen-bond acceptors (Lipinski definition) is 7. The van der Waals surface area contributed by atoms with Crippen LogP contribution in [0.25, 0.3) is 0 Å². The second-order valence-corrected chi connectivity index (χ2v) is 7.50. The van der Waals surface area contributed by atoms with Crippen molar-refractivity contribution < 1.29 is 23.9 Å². The lowest BCUT2D eigenvalue weighted by molar-refractivity contribution is -0.154. The Morgan fingerprint density at radius 3 is 2.34 bits per heavy atom. The van der Waals surface area contributed by atoms with Crippen molar-refractivity contribution in [3.63, 3.8) is 0 Å². The minimum absolute atomic E-state index is 0.123. The number of carbonyl (C=O) groups is 4. The van der Waals surface area contributed by atoms with Gasteiger partial charge >= 0.3 is 5.97 Å². The molecule has 0 aromatic heterocycles. The summed E-state index contributed by atoms with van der Waals surface area (Å²) < 4.78 is 4.99. The lowest BCUT2D eigenvalue weighted by Crippen LogP contribution is -2.43. The number of esters is 1. The normalized spacial score (nSPS) is 19.4. The molecular weight excluding hydrogens is 394 g/mol. The maximum absolute atomic E-state index is 12.7. The molecule has 2 amide bonds. The van der Waals surface area contributed by atoms with E-state index in [2.05, 4.69) is 10.6 Å². The van der Waals surface area contributed by atoms with Crippen LogP contribution in [0.3, 0.4) is 0 Å². The van der Waals surface area contributed by atoms with Crippen molar-refractivity contribution in [2.24, 2.45) is 0 Å². The monoisotopic (exact) mass is 417 g/mol. The van der Waals surface area contributed by atoms with Gasteiger partial charge in [-0.25, -0.2) is 4.79 Å². The molecule has 0 radical (unpaired) electrons. The number of likely N-dealkylation sites (tertiary alicyclic amines) is 1. The molecule has 2 N–H and O–H groups in total. The van der Waals surface area contributed by atoms with Gasteiger partial charge in [0.05, 0.1) is 6.04 Å². The number of hydrogen-bond donors (Lipinski definition) is 2. The Morgan fingerprint density at radius 1 is 1.10 bits per heavy atom. The van der Waals surface area contributed by atoms with Gasteiger partial charge in [0.15, 0.2) is 0 Å². The molecule has 1 aromatic carbocycles. The Kier molecular flexibility index (Phi) is 7.05. The van der Waals surface area contributed by atoms with Crippen LogP contribution < -0.4 is 10.6 Å². The summed E-state index contributed by atoms with van der Waals surface area (Å²) in [5.41, 5.74) is 1.19. The van der Waals surface area contributed by atoms with Gasteiger partial charge in [-0.3, -0.25) is 14.4 Å². The van der Waals surface area contributed by atoms with Gasteiger partial charge in [0.25, 0.3) is 5.91 Å². The molecule has 2 aliphatic rings. The smallest absolute Gasteiger partial charge is 0.371 e. The zero-order chi connectivity index (χ0) is 20.8. The number of benzene rings is 1. The minimum Gasteiger partial charge on any atom is -0.457 e. The van der Waals surface area contributed by atoms with Crippen LogP contribution in [0.1, 0.15) is 41.6 Å². The number of piperidine rings is 1. The molecule has 0 aliphatic carbocycles. The molecule has 0 bridgehead atoms. The first kappa shape index (κ1) is 21.1. The van der Waals surface area contributed by atoms with E-state index in [0.29, 0.717) is 42.0 Å². The zero-order valence-corrected chi connectivity index (χ0v) is 16.7. The van der Waals surface area contributed by atoms with Crippen LogP contribution in [-0.4, -0.2) is 65.7 Å². The zero-order valence-electron chi connectivity index (χ0n) is 15.9. The van der Waals surface area contributed by atoms with E-state index >= 15 is 0 Å². The van der Waals surface area contributed by atoms with E-state index in [1.807, 2.05) is 0 Å². The molecule has 2 heterocycles. The molecule has 2 saturated heterocycles. The molecule has 1 aromatic rings. The van der Waals surface area contributed by atoms with E-state index in [-0.39, 0.29) is 30.2 Å². The molecule has 0 spiro atoms. The highest BCUT2D eigenvalue weighted by Gasteiger charge is 2.26. The molecule has 3 rings (SSSR count). The van der Waals surface area contributed by atoms with E-state index in [1.165, 1.54) is 0 Å². The van der Waals surface area contributed by atoms with E-state index < -0.39 is 5.97 Å². The molecule has 8 nitrogen and oxygen atoms in total. The lowest BCUT2D eigenvalue weighted by Gasteiger charge is -2.31. The van der Waals surface area contributed by atoms with Gasteiger partial charge in [-0.15, -0.1) is 0 Å². The number of carbonyl (C=O) groups excluding carboxylic acids is 4. The number of thiocarbonyl (C=S) groups is 1. The fraction of sp³-hybridized carbons (Fsp3) is 0.450. The highest BCUT2D eigenvalue weighted by Crippen LogP contribution is 2.17. The number of amides is 2. The average molecular weight is 417 g/mol. The first-order valence-corrected chi connectivity index (χ1v) is 10.0. The lowest BCUT2D eigenvalue weighted by atomic mass is 10.1. The number of nitrogens with one attached hydrogen (secondary N) is 2. The second kappa shape index (κ2) is 9.71. The molecule has 2 fully saturated rings. The number of aldehydes is 1. The summed E-state index contributed by atoms with van der Waals surface area (Å²) in [5.74, 6) is -1.13. The van der Waals surface area contributed by atoms with E-state index in [1.54, 1.807) is 29.2 Å². The van der Waals surface area contributed by atoms with Gasteiger partial charge in [-0.1, -0.05) is 24.4 Å². The van der Waals surface area contributed by atoms with Crippen LogP contribution in [-0.2, 0) is 19.1 Å². The summed E-state index contributed by atoms with van der Waals surface area (Å²) in [6, 6.07) is 6.60. The summed E-state index contributed by atoms with van der Waals surface area (Å²) in [5, 5.41) is 5.87. The van der Waals surface area contributed by atoms with Crippen LogP contribution in [0, 0.1) is 0 Å². The fourth-order valence-corrected chi connectivity index (χ4v) is 3.73.